The van der Waals surface area contributed by atoms with Crippen LogP contribution in [0, 0.1) is 0 Å². The fourth-order valence-electron chi connectivity index (χ4n) is 4.95. The number of aliphatic imine (C=N–C) groups is 2. The molecular weight excluding hydrogens is 490 g/mol. The molecule has 5 heteroatoms. The van der Waals surface area contributed by atoms with Gasteiger partial charge in [-0.05, 0) is 45.7 Å². The van der Waals surface area contributed by atoms with Gasteiger partial charge in [-0.25, -0.2) is 20.0 Å². The fourth-order valence-corrected chi connectivity index (χ4v) is 4.95. The van der Waals surface area contributed by atoms with Crippen molar-refractivity contribution in [3.05, 3.63) is 156 Å². The quantitative estimate of drug-likeness (QED) is 0.259. The first-order valence-electron chi connectivity index (χ1n) is 13.3. The van der Waals surface area contributed by atoms with Crippen LogP contribution < -0.4 is 5.32 Å². The molecule has 0 fully saturated rings. The number of nitrogens with zero attached hydrogens (tertiary/aromatic N) is 4. The van der Waals surface area contributed by atoms with Crippen LogP contribution in [0.1, 0.15) is 22.9 Å². The number of aromatic nitrogens is 2. The maximum absolute atomic E-state index is 4.99. The van der Waals surface area contributed by atoms with Gasteiger partial charge >= 0.3 is 0 Å². The molecule has 1 aromatic heterocycles. The largest absolute Gasteiger partial charge is 0.344 e. The molecule has 5 nitrogen and oxygen atoms in total. The van der Waals surface area contributed by atoms with Crippen LogP contribution in [0.4, 0.5) is 0 Å². The van der Waals surface area contributed by atoms with Crippen LogP contribution in [0.2, 0.25) is 0 Å². The van der Waals surface area contributed by atoms with Gasteiger partial charge in [0, 0.05) is 29.1 Å². The molecule has 1 unspecified atom stereocenters. The van der Waals surface area contributed by atoms with Crippen LogP contribution in [0.3, 0.4) is 0 Å². The topological polar surface area (TPSA) is 62.5 Å². The Morgan fingerprint density at radius 1 is 0.500 bits per heavy atom. The normalized spacial score (nSPS) is 14.8. The number of benzene rings is 5. The van der Waals surface area contributed by atoms with Gasteiger partial charge in [-0.3, -0.25) is 0 Å². The molecule has 1 atom stereocenters. The maximum atomic E-state index is 4.99. The Labute approximate surface area is 232 Å². The van der Waals surface area contributed by atoms with E-state index in [1.807, 2.05) is 42.5 Å². The van der Waals surface area contributed by atoms with E-state index < -0.39 is 0 Å². The Morgan fingerprint density at radius 2 is 1.12 bits per heavy atom. The van der Waals surface area contributed by atoms with Crippen LogP contribution in [-0.4, -0.2) is 21.6 Å². The summed E-state index contributed by atoms with van der Waals surface area (Å²) < 4.78 is 0. The fraction of sp³-hybridized carbons (Fsp3) is 0.0286. The van der Waals surface area contributed by atoms with E-state index in [1.54, 1.807) is 12.4 Å². The van der Waals surface area contributed by atoms with Crippen molar-refractivity contribution in [3.8, 4) is 22.5 Å². The van der Waals surface area contributed by atoms with E-state index in [9.17, 15) is 0 Å². The van der Waals surface area contributed by atoms with E-state index in [1.165, 1.54) is 5.39 Å². The molecule has 7 rings (SSSR count). The zero-order valence-electron chi connectivity index (χ0n) is 21.6. The standard InChI is InChI=1S/C35H25N5/c1-3-8-26(9-4-1)33-38-34(27-10-5-2-6-11-27)40-35(39-33)28-16-12-24(13-17-28)29-18-14-25-15-19-30(23-31(25)22-29)32-36-20-7-21-37-32/h1-23,33H,(H,38,39,40). The van der Waals surface area contributed by atoms with Crippen molar-refractivity contribution in [3.63, 3.8) is 0 Å². The van der Waals surface area contributed by atoms with E-state index in [4.69, 9.17) is 9.98 Å². The molecule has 1 aliphatic heterocycles. The van der Waals surface area contributed by atoms with Gasteiger partial charge in [-0.1, -0.05) is 109 Å². The van der Waals surface area contributed by atoms with Crippen molar-refractivity contribution in [1.29, 1.82) is 0 Å². The lowest BCUT2D eigenvalue weighted by atomic mass is 9.98. The summed E-state index contributed by atoms with van der Waals surface area (Å²) in [6.45, 7) is 0. The molecule has 2 heterocycles. The van der Waals surface area contributed by atoms with Crippen molar-refractivity contribution in [2.75, 3.05) is 0 Å². The third-order valence-corrected chi connectivity index (χ3v) is 7.05. The average molecular weight is 516 g/mol. The van der Waals surface area contributed by atoms with Gasteiger partial charge in [0.25, 0.3) is 0 Å². The third kappa shape index (κ3) is 4.76. The van der Waals surface area contributed by atoms with Crippen LogP contribution >= 0.6 is 0 Å². The lowest BCUT2D eigenvalue weighted by Crippen LogP contribution is -2.33. The van der Waals surface area contributed by atoms with Crippen molar-refractivity contribution in [2.24, 2.45) is 9.98 Å². The Bertz CT molecular complexity index is 1850. The first kappa shape index (κ1) is 23.7. The van der Waals surface area contributed by atoms with Gasteiger partial charge in [0.2, 0.25) is 0 Å². The first-order chi connectivity index (χ1) is 19.8. The molecule has 190 valence electrons. The zero-order chi connectivity index (χ0) is 26.7. The van der Waals surface area contributed by atoms with E-state index in [2.05, 4.69) is 100 Å². The van der Waals surface area contributed by atoms with Gasteiger partial charge in [-0.15, -0.1) is 0 Å². The van der Waals surface area contributed by atoms with Gasteiger partial charge in [0.15, 0.2) is 11.7 Å². The second-order valence-corrected chi connectivity index (χ2v) is 9.66. The highest BCUT2D eigenvalue weighted by atomic mass is 15.2. The summed E-state index contributed by atoms with van der Waals surface area (Å²) in [7, 11) is 0. The minimum absolute atomic E-state index is 0.216. The van der Waals surface area contributed by atoms with Crippen molar-refractivity contribution < 1.29 is 0 Å². The summed E-state index contributed by atoms with van der Waals surface area (Å²) >= 11 is 0. The van der Waals surface area contributed by atoms with E-state index >= 15 is 0 Å². The highest BCUT2D eigenvalue weighted by molar-refractivity contribution is 6.13. The molecule has 0 saturated carbocycles. The van der Waals surface area contributed by atoms with Gasteiger partial charge in [0.1, 0.15) is 12.0 Å². The number of fused-ring (bicyclic) bond motifs is 1. The molecule has 0 saturated heterocycles. The minimum atomic E-state index is -0.216. The summed E-state index contributed by atoms with van der Waals surface area (Å²) in [6.07, 6.45) is 3.32. The Balaban J connectivity index is 1.22. The second-order valence-electron chi connectivity index (χ2n) is 9.66. The van der Waals surface area contributed by atoms with Crippen LogP contribution in [0.25, 0.3) is 33.3 Å². The van der Waals surface area contributed by atoms with Gasteiger partial charge in [0.05, 0.1) is 0 Å². The number of hydrogen-bond donors (Lipinski definition) is 1. The summed E-state index contributed by atoms with van der Waals surface area (Å²) in [5.74, 6) is 2.26. The first-order valence-corrected chi connectivity index (χ1v) is 13.3. The van der Waals surface area contributed by atoms with Crippen LogP contribution in [0.5, 0.6) is 0 Å². The molecule has 0 radical (unpaired) electrons. The highest BCUT2D eigenvalue weighted by Crippen LogP contribution is 2.28. The highest BCUT2D eigenvalue weighted by Gasteiger charge is 2.20. The second kappa shape index (κ2) is 10.4. The molecule has 1 N–H and O–H groups in total. The lowest BCUT2D eigenvalue weighted by Gasteiger charge is -2.23. The van der Waals surface area contributed by atoms with E-state index in [0.29, 0.717) is 5.84 Å². The van der Waals surface area contributed by atoms with Gasteiger partial charge in [-0.2, -0.15) is 0 Å². The zero-order valence-corrected chi connectivity index (χ0v) is 21.6. The number of amidine groups is 2. The third-order valence-electron chi connectivity index (χ3n) is 7.05. The molecule has 5 aromatic carbocycles. The number of rotatable bonds is 5. The summed E-state index contributed by atoms with van der Waals surface area (Å²) in [5.41, 5.74) is 6.38. The molecule has 0 bridgehead atoms. The lowest BCUT2D eigenvalue weighted by molar-refractivity contribution is 0.674. The SMILES string of the molecule is c1ccc(C2=NC(c3ccc(-c4ccc5ccc(-c6ncccn6)cc5c4)cc3)=NC(c3ccccc3)N2)cc1. The molecule has 0 spiro atoms. The Morgan fingerprint density at radius 3 is 1.88 bits per heavy atom. The van der Waals surface area contributed by atoms with Gasteiger partial charge < -0.3 is 5.32 Å². The predicted molar refractivity (Wildman–Crippen MR) is 162 cm³/mol. The average Bonchev–Trinajstić information content (AvgIpc) is 3.05. The van der Waals surface area contributed by atoms with Crippen LogP contribution in [0.15, 0.2) is 150 Å². The van der Waals surface area contributed by atoms with Crippen molar-refractivity contribution >= 4 is 22.4 Å². The van der Waals surface area contributed by atoms with Crippen molar-refractivity contribution in [1.82, 2.24) is 15.3 Å². The van der Waals surface area contributed by atoms with Crippen LogP contribution in [-0.2, 0) is 0 Å². The Kier molecular flexibility index (Phi) is 6.15. The van der Waals surface area contributed by atoms with E-state index in [-0.39, 0.29) is 6.17 Å². The molecule has 0 aliphatic carbocycles. The monoisotopic (exact) mass is 515 g/mol. The van der Waals surface area contributed by atoms with Crippen molar-refractivity contribution in [2.45, 2.75) is 6.17 Å². The smallest absolute Gasteiger partial charge is 0.159 e. The molecule has 40 heavy (non-hydrogen) atoms. The minimum Gasteiger partial charge on any atom is -0.344 e. The molecule has 6 aromatic rings. The van der Waals surface area contributed by atoms with E-state index in [0.717, 1.165) is 50.4 Å². The predicted octanol–water partition coefficient (Wildman–Crippen LogP) is 7.46. The summed E-state index contributed by atoms with van der Waals surface area (Å²) in [5, 5.41) is 5.84. The molecule has 1 aliphatic rings. The molecular formula is C35H25N5. The number of nitrogens with one attached hydrogen (secondary N) is 1. The number of hydrogen-bond acceptors (Lipinski definition) is 5. The summed E-state index contributed by atoms with van der Waals surface area (Å²) in [6, 6.07) is 43.6. The summed E-state index contributed by atoms with van der Waals surface area (Å²) in [4.78, 5) is 18.7. The Hall–Kier alpha value is -5.42. The molecule has 0 amide bonds. The maximum Gasteiger partial charge on any atom is 0.159 e.